The van der Waals surface area contributed by atoms with Gasteiger partial charge in [-0.05, 0) is 36.7 Å². The largest absolute Gasteiger partial charge is 0.486 e. The third-order valence-electron chi connectivity index (χ3n) is 5.86. The van der Waals surface area contributed by atoms with E-state index in [0.29, 0.717) is 6.42 Å². The molecule has 1 saturated heterocycles. The van der Waals surface area contributed by atoms with Gasteiger partial charge in [0.2, 0.25) is 0 Å². The first kappa shape index (κ1) is 23.7. The molecular formula is C23H30Cl2N2O2. The zero-order valence-electron chi connectivity index (χ0n) is 16.9. The molecule has 2 heterocycles. The molecule has 1 spiro atoms. The number of halogens is 2. The highest BCUT2D eigenvalue weighted by Crippen LogP contribution is 2.39. The number of hydrogen-bond acceptors (Lipinski definition) is 4. The summed E-state index contributed by atoms with van der Waals surface area (Å²) in [5.74, 6) is 0.996. The Hall–Kier alpha value is -1.59. The maximum atomic E-state index is 12.8. The molecule has 0 unspecified atom stereocenters. The van der Waals surface area contributed by atoms with Crippen LogP contribution in [-0.2, 0) is 13.0 Å². The maximum Gasteiger partial charge on any atom is 0.170 e. The first-order valence-electron chi connectivity index (χ1n) is 9.93. The fourth-order valence-electron chi connectivity index (χ4n) is 4.25. The van der Waals surface area contributed by atoms with Gasteiger partial charge in [-0.1, -0.05) is 36.4 Å². The Balaban J connectivity index is 0.00000150. The Bertz CT molecular complexity index is 806. The number of ketones is 1. The fraction of sp³-hybridized carbons (Fsp3) is 0.435. The van der Waals surface area contributed by atoms with E-state index in [1.165, 1.54) is 5.56 Å². The van der Waals surface area contributed by atoms with Gasteiger partial charge in [0, 0.05) is 39.0 Å². The first-order valence-corrected chi connectivity index (χ1v) is 9.93. The number of carbonyl (C=O) groups excluding carboxylic acids is 1. The minimum atomic E-state index is -0.308. The fourth-order valence-corrected chi connectivity index (χ4v) is 4.25. The number of fused-ring (bicyclic) bond motifs is 1. The van der Waals surface area contributed by atoms with Crippen LogP contribution >= 0.6 is 24.8 Å². The van der Waals surface area contributed by atoms with E-state index in [-0.39, 0.29) is 36.2 Å². The van der Waals surface area contributed by atoms with Gasteiger partial charge in [0.05, 0.1) is 12.0 Å². The van der Waals surface area contributed by atoms with Crippen LogP contribution in [0.25, 0.3) is 0 Å². The molecule has 0 amide bonds. The molecule has 0 atom stereocenters. The third-order valence-corrected chi connectivity index (χ3v) is 5.86. The lowest BCUT2D eigenvalue weighted by Crippen LogP contribution is -2.51. The number of nitrogens with zero attached hydrogens (tertiary/aromatic N) is 1. The first-order chi connectivity index (χ1) is 13.2. The molecular weight excluding hydrogens is 407 g/mol. The average molecular weight is 437 g/mol. The smallest absolute Gasteiger partial charge is 0.170 e. The van der Waals surface area contributed by atoms with Crippen molar-refractivity contribution in [3.05, 3.63) is 65.2 Å². The topological polar surface area (TPSA) is 41.6 Å². The van der Waals surface area contributed by atoms with E-state index < -0.39 is 0 Å². The van der Waals surface area contributed by atoms with Crippen molar-refractivity contribution >= 4 is 30.6 Å². The molecule has 0 saturated carbocycles. The SMILES string of the molecule is CNCc1ccc2c(c1)C(=O)CC1(CCN(CCc3ccccc3)CC1)O2.Cl.Cl. The quantitative estimate of drug-likeness (QED) is 0.758. The van der Waals surface area contributed by atoms with Crippen molar-refractivity contribution < 1.29 is 9.53 Å². The van der Waals surface area contributed by atoms with Crippen molar-refractivity contribution in [3.8, 4) is 5.75 Å². The highest BCUT2D eigenvalue weighted by atomic mass is 35.5. The molecule has 0 bridgehead atoms. The Morgan fingerprint density at radius 3 is 2.45 bits per heavy atom. The van der Waals surface area contributed by atoms with Crippen LogP contribution in [0, 0.1) is 0 Å². The molecule has 158 valence electrons. The molecule has 1 fully saturated rings. The molecule has 2 aliphatic heterocycles. The monoisotopic (exact) mass is 436 g/mol. The number of hydrogen-bond donors (Lipinski definition) is 1. The lowest BCUT2D eigenvalue weighted by molar-refractivity contribution is -0.00868. The van der Waals surface area contributed by atoms with E-state index in [1.807, 2.05) is 19.2 Å². The molecule has 6 heteroatoms. The summed E-state index contributed by atoms with van der Waals surface area (Å²) in [5.41, 5.74) is 2.95. The second-order valence-corrected chi connectivity index (χ2v) is 7.82. The van der Waals surface area contributed by atoms with Crippen LogP contribution in [0.2, 0.25) is 0 Å². The Labute approximate surface area is 185 Å². The standard InChI is InChI=1S/C23H28N2O2.2ClH/c1-24-17-19-7-8-22-20(15-19)21(26)16-23(27-22)10-13-25(14-11-23)12-9-18-5-3-2-4-6-18;;/h2-8,15,24H,9-14,16-17H2,1H3;2*1H. The van der Waals surface area contributed by atoms with Crippen molar-refractivity contribution in [1.29, 1.82) is 0 Å². The molecule has 4 rings (SSSR count). The lowest BCUT2D eigenvalue weighted by atomic mass is 9.82. The summed E-state index contributed by atoms with van der Waals surface area (Å²) in [6.45, 7) is 3.82. The normalized spacial score (nSPS) is 17.6. The molecule has 29 heavy (non-hydrogen) atoms. The van der Waals surface area contributed by atoms with Crippen molar-refractivity contribution in [2.75, 3.05) is 26.7 Å². The number of piperidine rings is 1. The Kier molecular flexibility index (Phi) is 8.53. The van der Waals surface area contributed by atoms with Gasteiger partial charge in [-0.25, -0.2) is 0 Å². The minimum Gasteiger partial charge on any atom is -0.486 e. The van der Waals surface area contributed by atoms with Crippen molar-refractivity contribution in [2.45, 2.75) is 37.8 Å². The van der Waals surface area contributed by atoms with E-state index in [2.05, 4.69) is 46.6 Å². The summed E-state index contributed by atoms with van der Waals surface area (Å²) in [5, 5.41) is 3.13. The third kappa shape index (κ3) is 5.52. The van der Waals surface area contributed by atoms with Crippen LogP contribution in [0.3, 0.4) is 0 Å². The molecule has 0 radical (unpaired) electrons. The molecule has 0 aromatic heterocycles. The van der Waals surface area contributed by atoms with Gasteiger partial charge in [-0.15, -0.1) is 24.8 Å². The number of likely N-dealkylation sites (tertiary alicyclic amines) is 1. The summed E-state index contributed by atoms with van der Waals surface area (Å²) in [4.78, 5) is 15.3. The highest BCUT2D eigenvalue weighted by molar-refractivity contribution is 6.00. The number of Topliss-reactive ketones (excluding diaryl/α,β-unsaturated/α-hetero) is 1. The second-order valence-electron chi connectivity index (χ2n) is 7.82. The zero-order valence-corrected chi connectivity index (χ0v) is 18.5. The Morgan fingerprint density at radius 1 is 1.03 bits per heavy atom. The second kappa shape index (κ2) is 10.4. The number of nitrogens with one attached hydrogen (secondary N) is 1. The van der Waals surface area contributed by atoms with Crippen molar-refractivity contribution in [3.63, 3.8) is 0 Å². The average Bonchev–Trinajstić information content (AvgIpc) is 2.69. The number of benzene rings is 2. The van der Waals surface area contributed by atoms with Gasteiger partial charge >= 0.3 is 0 Å². The van der Waals surface area contributed by atoms with E-state index in [1.54, 1.807) is 0 Å². The highest BCUT2D eigenvalue weighted by Gasteiger charge is 2.42. The van der Waals surface area contributed by atoms with Crippen LogP contribution in [0.5, 0.6) is 5.75 Å². The summed E-state index contributed by atoms with van der Waals surface area (Å²) in [7, 11) is 1.92. The molecule has 0 aliphatic carbocycles. The maximum absolute atomic E-state index is 12.8. The predicted octanol–water partition coefficient (Wildman–Crippen LogP) is 4.29. The van der Waals surface area contributed by atoms with Crippen molar-refractivity contribution in [1.82, 2.24) is 10.2 Å². The van der Waals surface area contributed by atoms with Crippen LogP contribution in [0.4, 0.5) is 0 Å². The molecule has 2 aromatic rings. The van der Waals surface area contributed by atoms with Gasteiger partial charge in [0.25, 0.3) is 0 Å². The van der Waals surface area contributed by atoms with Gasteiger partial charge < -0.3 is 15.0 Å². The number of ether oxygens (including phenoxy) is 1. The molecule has 4 nitrogen and oxygen atoms in total. The van der Waals surface area contributed by atoms with Crippen LogP contribution in [-0.4, -0.2) is 43.0 Å². The predicted molar refractivity (Wildman–Crippen MR) is 122 cm³/mol. The van der Waals surface area contributed by atoms with E-state index in [0.717, 1.165) is 62.3 Å². The Morgan fingerprint density at radius 2 is 1.76 bits per heavy atom. The summed E-state index contributed by atoms with van der Waals surface area (Å²) in [6.07, 6.45) is 3.43. The van der Waals surface area contributed by atoms with E-state index in [9.17, 15) is 4.79 Å². The lowest BCUT2D eigenvalue weighted by Gasteiger charge is -2.44. The van der Waals surface area contributed by atoms with E-state index in [4.69, 9.17) is 4.74 Å². The summed E-state index contributed by atoms with van der Waals surface area (Å²) in [6, 6.07) is 16.6. The molecule has 2 aromatic carbocycles. The summed E-state index contributed by atoms with van der Waals surface area (Å²) >= 11 is 0. The molecule has 2 aliphatic rings. The molecule has 1 N–H and O–H groups in total. The number of carbonyl (C=O) groups is 1. The van der Waals surface area contributed by atoms with Crippen LogP contribution in [0.1, 0.15) is 40.7 Å². The van der Waals surface area contributed by atoms with E-state index >= 15 is 0 Å². The number of rotatable bonds is 5. The zero-order chi connectivity index (χ0) is 18.7. The van der Waals surface area contributed by atoms with Gasteiger partial charge in [0.15, 0.2) is 5.78 Å². The van der Waals surface area contributed by atoms with Gasteiger partial charge in [-0.3, -0.25) is 4.79 Å². The van der Waals surface area contributed by atoms with Gasteiger partial charge in [-0.2, -0.15) is 0 Å². The van der Waals surface area contributed by atoms with Crippen molar-refractivity contribution in [2.24, 2.45) is 0 Å². The van der Waals surface area contributed by atoms with Crippen LogP contribution in [0.15, 0.2) is 48.5 Å². The van der Waals surface area contributed by atoms with Crippen LogP contribution < -0.4 is 10.1 Å². The summed E-state index contributed by atoms with van der Waals surface area (Å²) < 4.78 is 6.41. The minimum absolute atomic E-state index is 0. The van der Waals surface area contributed by atoms with Gasteiger partial charge in [0.1, 0.15) is 11.4 Å².